The second-order valence-corrected chi connectivity index (χ2v) is 8.40. The number of nitrogens with zero attached hydrogens (tertiary/aromatic N) is 8. The van der Waals surface area contributed by atoms with Gasteiger partial charge < -0.3 is 9.72 Å². The van der Waals surface area contributed by atoms with Crippen molar-refractivity contribution in [2.45, 2.75) is 25.6 Å². The Morgan fingerprint density at radius 2 is 2.18 bits per heavy atom. The zero-order valence-electron chi connectivity index (χ0n) is 17.4. The van der Waals surface area contributed by atoms with Gasteiger partial charge in [0.2, 0.25) is 5.91 Å². The number of tetrazole rings is 1. The molecule has 4 aromatic heterocycles. The number of carbonyl (C=O) groups excluding carboxylic acids is 1. The van der Waals surface area contributed by atoms with E-state index in [-0.39, 0.29) is 22.8 Å². The maximum atomic E-state index is 15.6. The number of rotatable bonds is 5. The number of H-pyrrole nitrogens is 1. The van der Waals surface area contributed by atoms with Crippen LogP contribution in [0.25, 0.3) is 27.8 Å². The minimum atomic E-state index is -1.11. The summed E-state index contributed by atoms with van der Waals surface area (Å²) in [4.78, 5) is 22.0. The topological polar surface area (TPSA) is 132 Å². The molecule has 0 spiro atoms. The summed E-state index contributed by atoms with van der Waals surface area (Å²) < 4.78 is 30.3. The molecular formula is C20H15ClF2N10O. The number of carbonyl (C=O) groups is 1. The predicted octanol–water partition coefficient (Wildman–Crippen LogP) is 2.96. The zero-order chi connectivity index (χ0) is 23.6. The summed E-state index contributed by atoms with van der Waals surface area (Å²) in [5, 5.41) is 21.4. The first-order chi connectivity index (χ1) is 16.4. The Morgan fingerprint density at radius 1 is 1.35 bits per heavy atom. The van der Waals surface area contributed by atoms with Crippen LogP contribution < -0.4 is 5.32 Å². The number of aromatic amines is 1. The highest BCUT2D eigenvalue weighted by molar-refractivity contribution is 6.35. The van der Waals surface area contributed by atoms with Gasteiger partial charge in [-0.15, -0.1) is 10.2 Å². The van der Waals surface area contributed by atoms with Crippen LogP contribution in [-0.4, -0.2) is 56.9 Å². The summed E-state index contributed by atoms with van der Waals surface area (Å²) in [6.45, 7) is 1.72. The van der Waals surface area contributed by atoms with Crippen LogP contribution in [-0.2, 0) is 4.79 Å². The Morgan fingerprint density at radius 3 is 2.91 bits per heavy atom. The van der Waals surface area contributed by atoms with Crippen LogP contribution in [0.1, 0.15) is 24.9 Å². The number of nitrogens with one attached hydrogen (secondary N) is 2. The molecule has 11 nitrogen and oxygen atoms in total. The van der Waals surface area contributed by atoms with E-state index in [1.54, 1.807) is 23.7 Å². The Kier molecular flexibility index (Phi) is 4.55. The van der Waals surface area contributed by atoms with Crippen LogP contribution in [0.2, 0.25) is 5.02 Å². The van der Waals surface area contributed by atoms with Gasteiger partial charge in [-0.3, -0.25) is 14.9 Å². The minimum absolute atomic E-state index is 0.140. The molecule has 4 heterocycles. The van der Waals surface area contributed by atoms with Crippen molar-refractivity contribution in [1.29, 1.82) is 0 Å². The van der Waals surface area contributed by atoms with E-state index in [1.807, 2.05) is 0 Å². The lowest BCUT2D eigenvalue weighted by Crippen LogP contribution is -2.15. The standard InChI is InChI=1S/C20H15ClF2N10O/c1-8(33-27-7-26-31-33)15-18(23)17(21)16(10-3-25-30-19(10)15)12-5-32-6-13(28-14(32)4-24-12)29-20(34)9-2-11(9)22/h3-9,11H,2H2,1H3,(H,25,30)(H,29,34)/t8-,9+,11-/m0/s1. The third-order valence-electron chi connectivity index (χ3n) is 5.85. The van der Waals surface area contributed by atoms with Gasteiger partial charge in [-0.25, -0.2) is 13.8 Å². The second-order valence-electron chi connectivity index (χ2n) is 8.02. The number of aromatic nitrogens is 9. The SMILES string of the molecule is C[C@@H](c1c(F)c(Cl)c(-c2cn3cc(NC(=O)[C@@H]4C[C@@H]4F)nc3cn2)c2cn[nH]c12)n1ncnn1. The summed E-state index contributed by atoms with van der Waals surface area (Å²) >= 11 is 6.52. The van der Waals surface area contributed by atoms with E-state index in [4.69, 9.17) is 11.6 Å². The maximum absolute atomic E-state index is 15.6. The fraction of sp³-hybridized carbons (Fsp3) is 0.250. The van der Waals surface area contributed by atoms with E-state index in [9.17, 15) is 9.18 Å². The zero-order valence-corrected chi connectivity index (χ0v) is 18.2. The normalized spacial score (nSPS) is 18.5. The Labute approximate surface area is 194 Å². The molecule has 1 aliphatic rings. The molecule has 5 aromatic rings. The molecule has 0 aliphatic heterocycles. The van der Waals surface area contributed by atoms with Gasteiger partial charge in [0.1, 0.15) is 18.0 Å². The molecule has 0 saturated heterocycles. The number of benzene rings is 1. The quantitative estimate of drug-likeness (QED) is 0.392. The minimum Gasteiger partial charge on any atom is -0.309 e. The largest absolute Gasteiger partial charge is 0.309 e. The van der Waals surface area contributed by atoms with E-state index in [0.29, 0.717) is 27.8 Å². The number of halogens is 3. The molecule has 14 heteroatoms. The molecular weight excluding hydrogens is 470 g/mol. The van der Waals surface area contributed by atoms with Crippen LogP contribution in [0.15, 0.2) is 31.1 Å². The molecule has 1 aliphatic carbocycles. The lowest BCUT2D eigenvalue weighted by Gasteiger charge is -2.16. The highest BCUT2D eigenvalue weighted by Crippen LogP contribution is 2.41. The molecule has 1 amide bonds. The van der Waals surface area contributed by atoms with E-state index >= 15 is 4.39 Å². The van der Waals surface area contributed by atoms with Gasteiger partial charge in [0.05, 0.1) is 40.7 Å². The average molecular weight is 485 g/mol. The lowest BCUT2D eigenvalue weighted by molar-refractivity contribution is -0.117. The van der Waals surface area contributed by atoms with Crippen molar-refractivity contribution in [2.24, 2.45) is 5.92 Å². The first-order valence-corrected chi connectivity index (χ1v) is 10.7. The molecule has 1 saturated carbocycles. The summed E-state index contributed by atoms with van der Waals surface area (Å²) in [5.41, 5.74) is 1.80. The highest BCUT2D eigenvalue weighted by atomic mass is 35.5. The number of hydrogen-bond acceptors (Lipinski definition) is 7. The number of imidazole rings is 1. The first kappa shape index (κ1) is 20.6. The highest BCUT2D eigenvalue weighted by Gasteiger charge is 2.43. The lowest BCUT2D eigenvalue weighted by atomic mass is 9.99. The van der Waals surface area contributed by atoms with Gasteiger partial charge in [-0.05, 0) is 18.6 Å². The van der Waals surface area contributed by atoms with Crippen LogP contribution in [0.5, 0.6) is 0 Å². The third-order valence-corrected chi connectivity index (χ3v) is 6.21. The van der Waals surface area contributed by atoms with E-state index in [1.165, 1.54) is 23.5 Å². The average Bonchev–Trinajstić information content (AvgIpc) is 3.26. The van der Waals surface area contributed by atoms with Gasteiger partial charge in [-0.1, -0.05) is 11.6 Å². The fourth-order valence-electron chi connectivity index (χ4n) is 3.99. The molecule has 34 heavy (non-hydrogen) atoms. The number of anilines is 1. The molecule has 3 atom stereocenters. The molecule has 0 bridgehead atoms. The molecule has 6 rings (SSSR count). The number of amides is 1. The summed E-state index contributed by atoms with van der Waals surface area (Å²) in [5.74, 6) is -1.45. The van der Waals surface area contributed by atoms with E-state index in [0.717, 1.165) is 0 Å². The monoisotopic (exact) mass is 484 g/mol. The molecule has 172 valence electrons. The fourth-order valence-corrected chi connectivity index (χ4v) is 4.29. The van der Waals surface area contributed by atoms with E-state index < -0.39 is 29.9 Å². The third kappa shape index (κ3) is 3.19. The molecule has 2 N–H and O–H groups in total. The second kappa shape index (κ2) is 7.52. The van der Waals surface area contributed by atoms with Crippen LogP contribution in [0.3, 0.4) is 0 Å². The van der Waals surface area contributed by atoms with Crippen molar-refractivity contribution in [3.63, 3.8) is 0 Å². The van der Waals surface area contributed by atoms with Gasteiger partial charge in [-0.2, -0.15) is 9.90 Å². The van der Waals surface area contributed by atoms with Crippen molar-refractivity contribution in [3.8, 4) is 11.3 Å². The van der Waals surface area contributed by atoms with Crippen molar-refractivity contribution < 1.29 is 13.6 Å². The Hall–Kier alpha value is -4.00. The summed E-state index contributed by atoms with van der Waals surface area (Å²) in [6, 6.07) is -0.609. The number of hydrogen-bond donors (Lipinski definition) is 2. The molecule has 1 fully saturated rings. The summed E-state index contributed by atoms with van der Waals surface area (Å²) in [7, 11) is 0. The van der Waals surface area contributed by atoms with Crippen molar-refractivity contribution in [1.82, 2.24) is 44.8 Å². The van der Waals surface area contributed by atoms with E-state index in [2.05, 4.69) is 40.9 Å². The van der Waals surface area contributed by atoms with Gasteiger partial charge >= 0.3 is 0 Å². The van der Waals surface area contributed by atoms with Crippen LogP contribution in [0.4, 0.5) is 14.6 Å². The molecule has 0 radical (unpaired) electrons. The first-order valence-electron chi connectivity index (χ1n) is 10.3. The van der Waals surface area contributed by atoms with Gasteiger partial charge in [0.15, 0.2) is 17.8 Å². The number of fused-ring (bicyclic) bond motifs is 2. The Balaban J connectivity index is 1.43. The number of alkyl halides is 1. The van der Waals surface area contributed by atoms with Crippen molar-refractivity contribution >= 4 is 39.9 Å². The maximum Gasteiger partial charge on any atom is 0.231 e. The molecule has 1 aromatic carbocycles. The van der Waals surface area contributed by atoms with Crippen LogP contribution in [0, 0.1) is 11.7 Å². The Bertz CT molecular complexity index is 1560. The van der Waals surface area contributed by atoms with Crippen molar-refractivity contribution in [2.75, 3.05) is 5.32 Å². The predicted molar refractivity (Wildman–Crippen MR) is 116 cm³/mol. The van der Waals surface area contributed by atoms with Crippen LogP contribution >= 0.6 is 11.6 Å². The van der Waals surface area contributed by atoms with Gasteiger partial charge in [0, 0.05) is 22.7 Å². The summed E-state index contributed by atoms with van der Waals surface area (Å²) in [6.07, 6.45) is 6.56. The van der Waals surface area contributed by atoms with Crippen molar-refractivity contribution in [3.05, 3.63) is 47.5 Å². The van der Waals surface area contributed by atoms with Gasteiger partial charge in [0.25, 0.3) is 0 Å². The smallest absolute Gasteiger partial charge is 0.231 e. The molecule has 0 unspecified atom stereocenters.